The Balaban J connectivity index is 1.60. The molecular weight excluding hydrogens is 368 g/mol. The van der Waals surface area contributed by atoms with E-state index in [4.69, 9.17) is 24.2 Å². The first-order chi connectivity index (χ1) is 14.2. The van der Waals surface area contributed by atoms with Crippen molar-refractivity contribution in [3.63, 3.8) is 0 Å². The van der Waals surface area contributed by atoms with Gasteiger partial charge in [-0.1, -0.05) is 6.07 Å². The molecule has 0 spiro atoms. The minimum atomic E-state index is 0.137. The van der Waals surface area contributed by atoms with Crippen molar-refractivity contribution >= 4 is 5.95 Å². The van der Waals surface area contributed by atoms with E-state index < -0.39 is 0 Å². The molecule has 29 heavy (non-hydrogen) atoms. The van der Waals surface area contributed by atoms with E-state index in [9.17, 15) is 0 Å². The first kappa shape index (κ1) is 17.9. The molecule has 2 atom stereocenters. The molecule has 0 radical (unpaired) electrons. The Bertz CT molecular complexity index is 1020. The minimum Gasteiger partial charge on any atom is -0.454 e. The van der Waals surface area contributed by atoms with Gasteiger partial charge in [-0.2, -0.15) is 0 Å². The lowest BCUT2D eigenvalue weighted by atomic mass is 10.0. The third-order valence-electron chi connectivity index (χ3n) is 5.10. The van der Waals surface area contributed by atoms with Crippen LogP contribution in [0.25, 0.3) is 22.4 Å². The highest BCUT2D eigenvalue weighted by molar-refractivity contribution is 5.81. The lowest BCUT2D eigenvalue weighted by Crippen LogP contribution is -2.46. The topological polar surface area (TPSA) is 69.6 Å². The van der Waals surface area contributed by atoms with Crippen molar-refractivity contribution in [3.05, 3.63) is 48.9 Å². The van der Waals surface area contributed by atoms with Crippen LogP contribution in [0.15, 0.2) is 48.9 Å². The number of anilines is 1. The molecule has 0 amide bonds. The van der Waals surface area contributed by atoms with Crippen molar-refractivity contribution in [1.82, 2.24) is 15.0 Å². The Labute approximate surface area is 169 Å². The molecule has 4 heterocycles. The highest BCUT2D eigenvalue weighted by atomic mass is 16.7. The van der Waals surface area contributed by atoms with E-state index >= 15 is 0 Å². The highest BCUT2D eigenvalue weighted by Crippen LogP contribution is 2.38. The summed E-state index contributed by atoms with van der Waals surface area (Å²) in [6, 6.07) is 9.83. The fraction of sp³-hybridized carbons (Fsp3) is 0.318. The summed E-state index contributed by atoms with van der Waals surface area (Å²) in [4.78, 5) is 16.1. The zero-order valence-electron chi connectivity index (χ0n) is 16.4. The van der Waals surface area contributed by atoms with Gasteiger partial charge in [0.25, 0.3) is 0 Å². The van der Waals surface area contributed by atoms with E-state index in [2.05, 4.69) is 23.7 Å². The second-order valence-corrected chi connectivity index (χ2v) is 7.40. The van der Waals surface area contributed by atoms with Crippen molar-refractivity contribution in [2.45, 2.75) is 26.1 Å². The Hall–Kier alpha value is -3.19. The van der Waals surface area contributed by atoms with Crippen molar-refractivity contribution < 1.29 is 14.2 Å². The summed E-state index contributed by atoms with van der Waals surface area (Å²) in [7, 11) is 0. The summed E-state index contributed by atoms with van der Waals surface area (Å²) in [6.07, 6.45) is 5.74. The second kappa shape index (κ2) is 7.33. The molecule has 2 aliphatic heterocycles. The Kier molecular flexibility index (Phi) is 4.52. The summed E-state index contributed by atoms with van der Waals surface area (Å²) < 4.78 is 16.8. The van der Waals surface area contributed by atoms with Gasteiger partial charge in [-0.15, -0.1) is 0 Å². The summed E-state index contributed by atoms with van der Waals surface area (Å²) in [6.45, 7) is 5.93. The van der Waals surface area contributed by atoms with Crippen LogP contribution in [0.3, 0.4) is 0 Å². The first-order valence-electron chi connectivity index (χ1n) is 9.75. The Morgan fingerprint density at radius 1 is 0.966 bits per heavy atom. The van der Waals surface area contributed by atoms with E-state index in [1.807, 2.05) is 42.7 Å². The van der Waals surface area contributed by atoms with Gasteiger partial charge in [0.05, 0.1) is 17.9 Å². The summed E-state index contributed by atoms with van der Waals surface area (Å²) in [5.74, 6) is 2.19. The van der Waals surface area contributed by atoms with Crippen LogP contribution in [0.5, 0.6) is 11.5 Å². The van der Waals surface area contributed by atoms with Crippen LogP contribution in [0.2, 0.25) is 0 Å². The Morgan fingerprint density at radius 2 is 1.79 bits per heavy atom. The molecule has 7 nitrogen and oxygen atoms in total. The molecular formula is C22H22N4O3. The monoisotopic (exact) mass is 390 g/mol. The number of ether oxygens (including phenoxy) is 3. The maximum atomic E-state index is 5.86. The minimum absolute atomic E-state index is 0.137. The molecule has 0 bridgehead atoms. The molecule has 0 N–H and O–H groups in total. The molecule has 3 aromatic rings. The van der Waals surface area contributed by atoms with Gasteiger partial charge in [0.15, 0.2) is 11.5 Å². The third kappa shape index (κ3) is 3.49. The van der Waals surface area contributed by atoms with Crippen molar-refractivity contribution in [1.29, 1.82) is 0 Å². The fourth-order valence-corrected chi connectivity index (χ4v) is 3.86. The molecule has 1 fully saturated rings. The number of hydrogen-bond acceptors (Lipinski definition) is 7. The molecule has 5 rings (SSSR count). The normalized spacial score (nSPS) is 20.7. The summed E-state index contributed by atoms with van der Waals surface area (Å²) in [5, 5.41) is 0. The number of fused-ring (bicyclic) bond motifs is 1. The molecule has 1 aromatic carbocycles. The van der Waals surface area contributed by atoms with Gasteiger partial charge in [0.2, 0.25) is 12.7 Å². The van der Waals surface area contributed by atoms with Crippen LogP contribution >= 0.6 is 0 Å². The van der Waals surface area contributed by atoms with E-state index in [1.54, 1.807) is 6.20 Å². The van der Waals surface area contributed by atoms with Crippen LogP contribution in [0.1, 0.15) is 13.8 Å². The predicted molar refractivity (Wildman–Crippen MR) is 109 cm³/mol. The zero-order chi connectivity index (χ0) is 19.8. The number of benzene rings is 1. The largest absolute Gasteiger partial charge is 0.454 e. The molecule has 1 saturated heterocycles. The number of pyridine rings is 1. The first-order valence-corrected chi connectivity index (χ1v) is 9.75. The summed E-state index contributed by atoms with van der Waals surface area (Å²) >= 11 is 0. The SMILES string of the molecule is C[C@H]1CN(c2ncc(-c3ccc4c(c3)OCO4)c(-c3cccnc3)n2)C[C@H](C)O1. The second-order valence-electron chi connectivity index (χ2n) is 7.40. The van der Waals surface area contributed by atoms with Gasteiger partial charge in [-0.25, -0.2) is 9.97 Å². The molecule has 148 valence electrons. The molecule has 0 saturated carbocycles. The van der Waals surface area contributed by atoms with Gasteiger partial charge >= 0.3 is 0 Å². The van der Waals surface area contributed by atoms with Crippen LogP contribution in [-0.4, -0.2) is 47.0 Å². The van der Waals surface area contributed by atoms with Gasteiger partial charge in [-0.3, -0.25) is 4.98 Å². The molecule has 7 heteroatoms. The maximum Gasteiger partial charge on any atom is 0.231 e. The predicted octanol–water partition coefficient (Wildman–Crippen LogP) is 3.55. The zero-order valence-corrected chi connectivity index (χ0v) is 16.4. The highest BCUT2D eigenvalue weighted by Gasteiger charge is 2.25. The van der Waals surface area contributed by atoms with Crippen LogP contribution < -0.4 is 14.4 Å². The summed E-state index contributed by atoms with van der Waals surface area (Å²) in [5.41, 5.74) is 3.68. The van der Waals surface area contributed by atoms with Gasteiger partial charge in [0, 0.05) is 42.8 Å². The average molecular weight is 390 g/mol. The lowest BCUT2D eigenvalue weighted by molar-refractivity contribution is -0.00571. The molecule has 0 aliphatic carbocycles. The Morgan fingerprint density at radius 3 is 2.59 bits per heavy atom. The number of morpholine rings is 1. The maximum absolute atomic E-state index is 5.86. The van der Waals surface area contributed by atoms with Gasteiger partial charge in [-0.05, 0) is 43.7 Å². The third-order valence-corrected chi connectivity index (χ3v) is 5.10. The van der Waals surface area contributed by atoms with Crippen molar-refractivity contribution in [2.24, 2.45) is 0 Å². The lowest BCUT2D eigenvalue weighted by Gasteiger charge is -2.35. The van der Waals surface area contributed by atoms with Crippen LogP contribution in [0, 0.1) is 0 Å². The van der Waals surface area contributed by atoms with Gasteiger partial charge < -0.3 is 19.1 Å². The number of hydrogen-bond donors (Lipinski definition) is 0. The number of aromatic nitrogens is 3. The van der Waals surface area contributed by atoms with E-state index in [-0.39, 0.29) is 19.0 Å². The average Bonchev–Trinajstić information content (AvgIpc) is 3.21. The number of rotatable bonds is 3. The van der Waals surface area contributed by atoms with Gasteiger partial charge in [0.1, 0.15) is 0 Å². The van der Waals surface area contributed by atoms with Crippen molar-refractivity contribution in [2.75, 3.05) is 24.8 Å². The van der Waals surface area contributed by atoms with Crippen LogP contribution in [-0.2, 0) is 4.74 Å². The van der Waals surface area contributed by atoms with Crippen LogP contribution in [0.4, 0.5) is 5.95 Å². The smallest absolute Gasteiger partial charge is 0.231 e. The standard InChI is InChI=1S/C22H22N4O3/c1-14-11-26(12-15(2)29-14)22-24-10-18(21(25-22)17-4-3-7-23-9-17)16-5-6-19-20(8-16)28-13-27-19/h3-10,14-15H,11-13H2,1-2H3/t14-,15-/m0/s1. The van der Waals surface area contributed by atoms with E-state index in [1.165, 1.54) is 0 Å². The fourth-order valence-electron chi connectivity index (χ4n) is 3.86. The van der Waals surface area contributed by atoms with E-state index in [0.29, 0.717) is 5.95 Å². The number of nitrogens with zero attached hydrogens (tertiary/aromatic N) is 4. The molecule has 0 unspecified atom stereocenters. The van der Waals surface area contributed by atoms with Crippen molar-refractivity contribution in [3.8, 4) is 33.9 Å². The molecule has 2 aliphatic rings. The molecule has 2 aromatic heterocycles. The quantitative estimate of drug-likeness (QED) is 0.677. The van der Waals surface area contributed by atoms with E-state index in [0.717, 1.165) is 47.0 Å².